The Kier molecular flexibility index (Phi) is 3.31. The van der Waals surface area contributed by atoms with Crippen LogP contribution < -0.4 is 5.32 Å². The van der Waals surface area contributed by atoms with Gasteiger partial charge >= 0.3 is 0 Å². The van der Waals surface area contributed by atoms with Gasteiger partial charge in [-0.2, -0.15) is 5.10 Å². The number of hydrogen-bond donors (Lipinski definition) is 1. The molecule has 0 saturated heterocycles. The van der Waals surface area contributed by atoms with Gasteiger partial charge in [-0.3, -0.25) is 4.68 Å². The lowest BCUT2D eigenvalue weighted by Crippen LogP contribution is -2.15. The van der Waals surface area contributed by atoms with Crippen LogP contribution >= 0.6 is 0 Å². The van der Waals surface area contributed by atoms with Gasteiger partial charge in [0.25, 0.3) is 0 Å². The average molecular weight is 220 g/mol. The van der Waals surface area contributed by atoms with E-state index < -0.39 is 0 Å². The number of aromatic nitrogens is 5. The molecule has 0 saturated carbocycles. The van der Waals surface area contributed by atoms with Crippen molar-refractivity contribution in [1.82, 2.24) is 29.6 Å². The fourth-order valence-corrected chi connectivity index (χ4v) is 1.50. The lowest BCUT2D eigenvalue weighted by molar-refractivity contribution is 0.637. The van der Waals surface area contributed by atoms with Gasteiger partial charge in [0.2, 0.25) is 0 Å². The third-order valence-electron chi connectivity index (χ3n) is 2.31. The normalized spacial score (nSPS) is 10.9. The summed E-state index contributed by atoms with van der Waals surface area (Å²) in [6.07, 6.45) is 5.38. The molecule has 0 spiro atoms. The molecule has 2 rings (SSSR count). The molecule has 0 aliphatic heterocycles. The standard InChI is InChI=1S/C10H16N6/c1-3-11-4-9-5-12-7-16(9)6-10-13-8-15(2)14-10/h5,7-8,11H,3-4,6H2,1-2H3. The Morgan fingerprint density at radius 2 is 2.25 bits per heavy atom. The summed E-state index contributed by atoms with van der Waals surface area (Å²) in [6, 6.07) is 0. The van der Waals surface area contributed by atoms with Crippen molar-refractivity contribution in [2.75, 3.05) is 6.54 Å². The lowest BCUT2D eigenvalue weighted by Gasteiger charge is -2.05. The van der Waals surface area contributed by atoms with Gasteiger partial charge in [-0.25, -0.2) is 9.97 Å². The molecule has 0 aliphatic rings. The smallest absolute Gasteiger partial charge is 0.170 e. The molecule has 6 heteroatoms. The number of nitrogens with one attached hydrogen (secondary N) is 1. The van der Waals surface area contributed by atoms with Gasteiger partial charge in [-0.05, 0) is 6.54 Å². The topological polar surface area (TPSA) is 60.6 Å². The molecule has 2 aromatic rings. The molecule has 0 radical (unpaired) electrons. The van der Waals surface area contributed by atoms with Gasteiger partial charge < -0.3 is 9.88 Å². The highest BCUT2D eigenvalue weighted by molar-refractivity contribution is 5.00. The van der Waals surface area contributed by atoms with Gasteiger partial charge in [-0.1, -0.05) is 6.92 Å². The van der Waals surface area contributed by atoms with E-state index in [-0.39, 0.29) is 0 Å². The van der Waals surface area contributed by atoms with E-state index in [4.69, 9.17) is 0 Å². The Hall–Kier alpha value is -1.69. The van der Waals surface area contributed by atoms with Crippen molar-refractivity contribution in [1.29, 1.82) is 0 Å². The third kappa shape index (κ3) is 2.46. The molecule has 86 valence electrons. The number of hydrogen-bond acceptors (Lipinski definition) is 4. The fraction of sp³-hybridized carbons (Fsp3) is 0.500. The van der Waals surface area contributed by atoms with Crippen molar-refractivity contribution < 1.29 is 0 Å². The van der Waals surface area contributed by atoms with Crippen LogP contribution in [0.4, 0.5) is 0 Å². The molecule has 6 nitrogen and oxygen atoms in total. The largest absolute Gasteiger partial charge is 0.326 e. The third-order valence-corrected chi connectivity index (χ3v) is 2.31. The highest BCUT2D eigenvalue weighted by Crippen LogP contribution is 2.02. The van der Waals surface area contributed by atoms with E-state index in [0.717, 1.165) is 24.6 Å². The van der Waals surface area contributed by atoms with E-state index in [1.54, 1.807) is 11.0 Å². The maximum atomic E-state index is 4.24. The molecule has 0 aliphatic carbocycles. The molecule has 2 heterocycles. The number of rotatable bonds is 5. The molecule has 0 aromatic carbocycles. The molecule has 0 amide bonds. The van der Waals surface area contributed by atoms with Crippen LogP contribution in [-0.4, -0.2) is 30.9 Å². The average Bonchev–Trinajstić information content (AvgIpc) is 2.86. The summed E-state index contributed by atoms with van der Waals surface area (Å²) in [5.74, 6) is 0.804. The minimum atomic E-state index is 0.668. The van der Waals surface area contributed by atoms with Crippen molar-refractivity contribution in [2.24, 2.45) is 7.05 Å². The van der Waals surface area contributed by atoms with Crippen LogP contribution in [0.2, 0.25) is 0 Å². The second-order valence-electron chi connectivity index (χ2n) is 3.63. The second-order valence-corrected chi connectivity index (χ2v) is 3.63. The Morgan fingerprint density at radius 1 is 1.38 bits per heavy atom. The first-order chi connectivity index (χ1) is 7.79. The van der Waals surface area contributed by atoms with Crippen LogP contribution in [0.3, 0.4) is 0 Å². The molecule has 16 heavy (non-hydrogen) atoms. The Morgan fingerprint density at radius 3 is 2.94 bits per heavy atom. The highest BCUT2D eigenvalue weighted by atomic mass is 15.3. The molecular weight excluding hydrogens is 204 g/mol. The van der Waals surface area contributed by atoms with Crippen LogP contribution in [0.5, 0.6) is 0 Å². The van der Waals surface area contributed by atoms with Crippen molar-refractivity contribution in [3.8, 4) is 0 Å². The lowest BCUT2D eigenvalue weighted by atomic mass is 10.4. The van der Waals surface area contributed by atoms with Crippen LogP contribution in [0.15, 0.2) is 18.9 Å². The molecule has 0 atom stereocenters. The summed E-state index contributed by atoms with van der Waals surface area (Å²) in [4.78, 5) is 8.33. The minimum Gasteiger partial charge on any atom is -0.326 e. The van der Waals surface area contributed by atoms with E-state index in [9.17, 15) is 0 Å². The zero-order valence-corrected chi connectivity index (χ0v) is 9.59. The molecule has 0 unspecified atom stereocenters. The number of aryl methyl sites for hydroxylation is 1. The maximum Gasteiger partial charge on any atom is 0.170 e. The van der Waals surface area contributed by atoms with Crippen molar-refractivity contribution >= 4 is 0 Å². The van der Waals surface area contributed by atoms with Crippen LogP contribution in [0.25, 0.3) is 0 Å². The van der Waals surface area contributed by atoms with E-state index in [2.05, 4.69) is 31.9 Å². The first kappa shape index (κ1) is 10.8. The van der Waals surface area contributed by atoms with Crippen LogP contribution in [-0.2, 0) is 20.1 Å². The van der Waals surface area contributed by atoms with E-state index in [1.165, 1.54) is 0 Å². The molecular formula is C10H16N6. The van der Waals surface area contributed by atoms with E-state index in [1.807, 2.05) is 19.6 Å². The maximum absolute atomic E-state index is 4.24. The first-order valence-corrected chi connectivity index (χ1v) is 5.34. The second kappa shape index (κ2) is 4.89. The van der Waals surface area contributed by atoms with Gasteiger partial charge in [0.05, 0.1) is 18.6 Å². The summed E-state index contributed by atoms with van der Waals surface area (Å²) >= 11 is 0. The highest BCUT2D eigenvalue weighted by Gasteiger charge is 2.04. The van der Waals surface area contributed by atoms with Crippen LogP contribution in [0, 0.1) is 0 Å². The Balaban J connectivity index is 2.06. The zero-order chi connectivity index (χ0) is 11.4. The van der Waals surface area contributed by atoms with Gasteiger partial charge in [-0.15, -0.1) is 0 Å². The summed E-state index contributed by atoms with van der Waals surface area (Å²) in [5, 5.41) is 7.52. The summed E-state index contributed by atoms with van der Waals surface area (Å²) < 4.78 is 3.76. The molecule has 0 bridgehead atoms. The summed E-state index contributed by atoms with van der Waals surface area (Å²) in [6.45, 7) is 4.53. The van der Waals surface area contributed by atoms with E-state index in [0.29, 0.717) is 6.54 Å². The van der Waals surface area contributed by atoms with Gasteiger partial charge in [0.15, 0.2) is 5.82 Å². The fourth-order valence-electron chi connectivity index (χ4n) is 1.50. The molecule has 2 aromatic heterocycles. The number of nitrogens with zero attached hydrogens (tertiary/aromatic N) is 5. The van der Waals surface area contributed by atoms with Gasteiger partial charge in [0.1, 0.15) is 6.33 Å². The Bertz CT molecular complexity index is 444. The summed E-state index contributed by atoms with van der Waals surface area (Å²) in [5.41, 5.74) is 1.15. The first-order valence-electron chi connectivity index (χ1n) is 5.34. The predicted octanol–water partition coefficient (Wildman–Crippen LogP) is 0.169. The molecule has 0 fully saturated rings. The van der Waals surface area contributed by atoms with Crippen molar-refractivity contribution in [3.05, 3.63) is 30.4 Å². The molecule has 1 N–H and O–H groups in total. The van der Waals surface area contributed by atoms with Crippen LogP contribution in [0.1, 0.15) is 18.4 Å². The quantitative estimate of drug-likeness (QED) is 0.780. The Labute approximate surface area is 94.3 Å². The van der Waals surface area contributed by atoms with Crippen molar-refractivity contribution in [2.45, 2.75) is 20.0 Å². The minimum absolute atomic E-state index is 0.668. The van der Waals surface area contributed by atoms with Crippen molar-refractivity contribution in [3.63, 3.8) is 0 Å². The van der Waals surface area contributed by atoms with E-state index >= 15 is 0 Å². The number of imidazole rings is 1. The van der Waals surface area contributed by atoms with Gasteiger partial charge in [0, 0.05) is 19.8 Å². The SMILES string of the molecule is CCNCc1cncn1Cc1ncn(C)n1. The summed E-state index contributed by atoms with van der Waals surface area (Å²) in [7, 11) is 1.87. The predicted molar refractivity (Wildman–Crippen MR) is 59.7 cm³/mol. The monoisotopic (exact) mass is 220 g/mol. The zero-order valence-electron chi connectivity index (χ0n) is 9.59.